The number of hydrogen-bond donors (Lipinski definition) is 2. The summed E-state index contributed by atoms with van der Waals surface area (Å²) in [5, 5.41) is 10.1. The largest absolute Gasteiger partial charge is 0.484 e. The van der Waals surface area contributed by atoms with E-state index in [9.17, 15) is 9.59 Å². The van der Waals surface area contributed by atoms with Crippen molar-refractivity contribution < 1.29 is 14.3 Å². The number of nitrogens with one attached hydrogen (secondary N) is 2. The van der Waals surface area contributed by atoms with E-state index in [1.165, 1.54) is 0 Å². The summed E-state index contributed by atoms with van der Waals surface area (Å²) in [5.74, 6) is 0.598. The molecule has 8 heteroatoms. The summed E-state index contributed by atoms with van der Waals surface area (Å²) in [7, 11) is 0. The zero-order chi connectivity index (χ0) is 23.9. The molecule has 0 aliphatic carbocycles. The van der Waals surface area contributed by atoms with Crippen LogP contribution in [0.2, 0.25) is 0 Å². The molecule has 2 amide bonds. The Kier molecular flexibility index (Phi) is 6.98. The van der Waals surface area contributed by atoms with Gasteiger partial charge in [-0.05, 0) is 42.3 Å². The van der Waals surface area contributed by atoms with E-state index in [-0.39, 0.29) is 24.3 Å². The van der Waals surface area contributed by atoms with Gasteiger partial charge in [-0.15, -0.1) is 0 Å². The molecule has 0 spiro atoms. The van der Waals surface area contributed by atoms with Gasteiger partial charge in [-0.2, -0.15) is 5.10 Å². The minimum Gasteiger partial charge on any atom is -0.484 e. The lowest BCUT2D eigenvalue weighted by Crippen LogP contribution is -2.20. The lowest BCUT2D eigenvalue weighted by molar-refractivity contribution is -0.118. The molecule has 4 aromatic rings. The van der Waals surface area contributed by atoms with E-state index in [0.717, 1.165) is 5.69 Å². The molecule has 2 aromatic carbocycles. The van der Waals surface area contributed by atoms with Crippen LogP contribution in [0, 0.1) is 0 Å². The summed E-state index contributed by atoms with van der Waals surface area (Å²) in [6, 6.07) is 21.6. The first kappa shape index (κ1) is 22.7. The molecule has 0 saturated heterocycles. The zero-order valence-corrected chi connectivity index (χ0v) is 18.9. The van der Waals surface area contributed by atoms with Crippen LogP contribution in [0.25, 0.3) is 5.82 Å². The number of rotatable bonds is 8. The van der Waals surface area contributed by atoms with Crippen LogP contribution in [0.5, 0.6) is 5.75 Å². The smallest absolute Gasteiger partial charge is 0.262 e. The number of para-hydroxylation sites is 1. The van der Waals surface area contributed by atoms with Crippen molar-refractivity contribution in [3.63, 3.8) is 0 Å². The number of pyridine rings is 1. The number of hydrogen-bond acceptors (Lipinski definition) is 5. The zero-order valence-electron chi connectivity index (χ0n) is 18.9. The molecule has 4 rings (SSSR count). The average molecular weight is 456 g/mol. The predicted molar refractivity (Wildman–Crippen MR) is 130 cm³/mol. The topological polar surface area (TPSA) is 98.1 Å². The maximum absolute atomic E-state index is 13.1. The molecule has 0 fully saturated rings. The SMILES string of the molecule is CC(C)c1c(C(=O)Nc2cccc(OCC(=O)Nc3ccccc3)c2)cnn1-c1ccccn1. The van der Waals surface area contributed by atoms with E-state index in [4.69, 9.17) is 4.74 Å². The number of anilines is 2. The molecule has 0 bridgehead atoms. The molecule has 0 atom stereocenters. The van der Waals surface area contributed by atoms with Crippen LogP contribution in [-0.4, -0.2) is 33.2 Å². The van der Waals surface area contributed by atoms with E-state index < -0.39 is 0 Å². The minimum atomic E-state index is -0.287. The molecule has 0 saturated carbocycles. The van der Waals surface area contributed by atoms with Crippen LogP contribution in [0.15, 0.2) is 85.2 Å². The molecule has 8 nitrogen and oxygen atoms in total. The molecule has 34 heavy (non-hydrogen) atoms. The van der Waals surface area contributed by atoms with E-state index >= 15 is 0 Å². The van der Waals surface area contributed by atoms with Crippen molar-refractivity contribution in [1.82, 2.24) is 14.8 Å². The van der Waals surface area contributed by atoms with Gasteiger partial charge in [0.2, 0.25) is 0 Å². The summed E-state index contributed by atoms with van der Waals surface area (Å²) in [5.41, 5.74) is 2.48. The predicted octanol–water partition coefficient (Wildman–Crippen LogP) is 4.66. The van der Waals surface area contributed by atoms with Gasteiger partial charge in [0.25, 0.3) is 11.8 Å². The number of amides is 2. The van der Waals surface area contributed by atoms with Crippen molar-refractivity contribution >= 4 is 23.2 Å². The third-order valence-electron chi connectivity index (χ3n) is 4.98. The highest BCUT2D eigenvalue weighted by Gasteiger charge is 2.21. The summed E-state index contributed by atoms with van der Waals surface area (Å²) < 4.78 is 7.29. The van der Waals surface area contributed by atoms with Gasteiger partial charge in [-0.1, -0.05) is 44.2 Å². The Hall–Kier alpha value is -4.46. The van der Waals surface area contributed by atoms with Crippen molar-refractivity contribution in [2.45, 2.75) is 19.8 Å². The molecule has 2 aromatic heterocycles. The molecule has 0 radical (unpaired) electrons. The Balaban J connectivity index is 1.43. The van der Waals surface area contributed by atoms with Crippen molar-refractivity contribution in [3.05, 3.63) is 96.4 Å². The van der Waals surface area contributed by atoms with E-state index in [2.05, 4.69) is 20.7 Å². The average Bonchev–Trinajstić information content (AvgIpc) is 3.30. The number of carbonyl (C=O) groups is 2. The van der Waals surface area contributed by atoms with E-state index in [1.807, 2.05) is 50.2 Å². The Labute approximate surface area is 197 Å². The van der Waals surface area contributed by atoms with Crippen LogP contribution in [0.4, 0.5) is 11.4 Å². The first-order chi connectivity index (χ1) is 16.5. The van der Waals surface area contributed by atoms with Crippen molar-refractivity contribution in [1.29, 1.82) is 0 Å². The second kappa shape index (κ2) is 10.4. The van der Waals surface area contributed by atoms with Gasteiger partial charge >= 0.3 is 0 Å². The molecule has 0 unspecified atom stereocenters. The maximum atomic E-state index is 13.1. The third-order valence-corrected chi connectivity index (χ3v) is 4.98. The Bertz CT molecular complexity index is 1270. The first-order valence-electron chi connectivity index (χ1n) is 10.9. The number of aromatic nitrogens is 3. The van der Waals surface area contributed by atoms with Crippen LogP contribution >= 0.6 is 0 Å². The summed E-state index contributed by atoms with van der Waals surface area (Å²) in [6.45, 7) is 3.85. The highest BCUT2D eigenvalue weighted by atomic mass is 16.5. The van der Waals surface area contributed by atoms with Gasteiger partial charge < -0.3 is 15.4 Å². The van der Waals surface area contributed by atoms with Gasteiger partial charge in [0.15, 0.2) is 12.4 Å². The molecular weight excluding hydrogens is 430 g/mol. The van der Waals surface area contributed by atoms with Gasteiger partial charge in [0.1, 0.15) is 5.75 Å². The second-order valence-corrected chi connectivity index (χ2v) is 7.88. The Morgan fingerprint density at radius 1 is 0.941 bits per heavy atom. The minimum absolute atomic E-state index is 0.0445. The highest BCUT2D eigenvalue weighted by molar-refractivity contribution is 6.05. The molecular formula is C26H25N5O3. The summed E-state index contributed by atoms with van der Waals surface area (Å²) in [4.78, 5) is 29.5. The van der Waals surface area contributed by atoms with Crippen LogP contribution in [-0.2, 0) is 4.79 Å². The summed E-state index contributed by atoms with van der Waals surface area (Å²) >= 11 is 0. The Morgan fingerprint density at radius 2 is 1.71 bits per heavy atom. The Morgan fingerprint density at radius 3 is 2.44 bits per heavy atom. The fourth-order valence-electron chi connectivity index (χ4n) is 3.48. The standard InChI is InChI=1S/C26H25N5O3/c1-18(2)25-22(16-28-31(25)23-13-6-7-14-27-23)26(33)30-20-11-8-12-21(15-20)34-17-24(32)29-19-9-4-3-5-10-19/h3-16,18H,17H2,1-2H3,(H,29,32)(H,30,33). The quantitative estimate of drug-likeness (QED) is 0.403. The lowest BCUT2D eigenvalue weighted by Gasteiger charge is -2.13. The molecule has 2 N–H and O–H groups in total. The van der Waals surface area contributed by atoms with Crippen LogP contribution in [0.3, 0.4) is 0 Å². The normalized spacial score (nSPS) is 10.7. The monoisotopic (exact) mass is 455 g/mol. The first-order valence-corrected chi connectivity index (χ1v) is 10.9. The van der Waals surface area contributed by atoms with Crippen molar-refractivity contribution in [2.75, 3.05) is 17.2 Å². The van der Waals surface area contributed by atoms with Crippen molar-refractivity contribution in [3.8, 4) is 11.6 Å². The number of nitrogens with zero attached hydrogens (tertiary/aromatic N) is 3. The van der Waals surface area contributed by atoms with E-state index in [0.29, 0.717) is 28.5 Å². The molecule has 2 heterocycles. The highest BCUT2D eigenvalue weighted by Crippen LogP contribution is 2.24. The molecule has 0 aliphatic heterocycles. The number of ether oxygens (including phenoxy) is 1. The maximum Gasteiger partial charge on any atom is 0.262 e. The number of benzene rings is 2. The van der Waals surface area contributed by atoms with E-state index in [1.54, 1.807) is 53.5 Å². The fraction of sp³-hybridized carbons (Fsp3) is 0.154. The van der Waals surface area contributed by atoms with Crippen LogP contribution < -0.4 is 15.4 Å². The van der Waals surface area contributed by atoms with Crippen LogP contribution in [0.1, 0.15) is 35.8 Å². The van der Waals surface area contributed by atoms with Gasteiger partial charge in [0.05, 0.1) is 17.5 Å². The third kappa shape index (κ3) is 5.47. The second-order valence-electron chi connectivity index (χ2n) is 7.88. The van der Waals surface area contributed by atoms with Gasteiger partial charge in [0, 0.05) is 23.6 Å². The number of carbonyl (C=O) groups excluding carboxylic acids is 2. The molecule has 0 aliphatic rings. The summed E-state index contributed by atoms with van der Waals surface area (Å²) in [6.07, 6.45) is 3.24. The lowest BCUT2D eigenvalue weighted by atomic mass is 10.1. The van der Waals surface area contributed by atoms with Gasteiger partial charge in [-0.25, -0.2) is 9.67 Å². The van der Waals surface area contributed by atoms with Crippen molar-refractivity contribution in [2.24, 2.45) is 0 Å². The fourth-order valence-corrected chi connectivity index (χ4v) is 3.48. The molecule has 172 valence electrons. The van der Waals surface area contributed by atoms with Gasteiger partial charge in [-0.3, -0.25) is 9.59 Å².